The monoisotopic (exact) mass is 276 g/mol. The standard InChI is InChI=1S/C16H24N2O2/c1-12(2)11-17-16(20)13-3-5-14(6-4-13)18-9-7-15(19)8-10-18/h3-6,12,15,19H,7-11H2,1-2H3,(H,17,20). The van der Waals surface area contributed by atoms with Gasteiger partial charge in [0.05, 0.1) is 6.10 Å². The molecule has 2 rings (SSSR count). The van der Waals surface area contributed by atoms with Crippen molar-refractivity contribution in [2.75, 3.05) is 24.5 Å². The smallest absolute Gasteiger partial charge is 0.251 e. The van der Waals surface area contributed by atoms with E-state index in [0.717, 1.165) is 31.6 Å². The number of amides is 1. The first-order valence-corrected chi connectivity index (χ1v) is 7.37. The first-order valence-electron chi connectivity index (χ1n) is 7.37. The van der Waals surface area contributed by atoms with E-state index in [2.05, 4.69) is 24.1 Å². The van der Waals surface area contributed by atoms with Gasteiger partial charge in [-0.25, -0.2) is 0 Å². The van der Waals surface area contributed by atoms with Crippen molar-refractivity contribution in [2.24, 2.45) is 5.92 Å². The van der Waals surface area contributed by atoms with Gasteiger partial charge in [0, 0.05) is 30.9 Å². The summed E-state index contributed by atoms with van der Waals surface area (Å²) in [5.41, 5.74) is 1.82. The maximum absolute atomic E-state index is 11.9. The second-order valence-electron chi connectivity index (χ2n) is 5.87. The van der Waals surface area contributed by atoms with Gasteiger partial charge < -0.3 is 15.3 Å². The van der Waals surface area contributed by atoms with E-state index in [1.807, 2.05) is 24.3 Å². The lowest BCUT2D eigenvalue weighted by molar-refractivity contribution is 0.0949. The number of hydrogen-bond donors (Lipinski definition) is 2. The van der Waals surface area contributed by atoms with Crippen molar-refractivity contribution in [2.45, 2.75) is 32.8 Å². The SMILES string of the molecule is CC(C)CNC(=O)c1ccc(N2CCC(O)CC2)cc1. The third-order valence-corrected chi connectivity index (χ3v) is 3.63. The number of hydrogen-bond acceptors (Lipinski definition) is 3. The highest BCUT2D eigenvalue weighted by Crippen LogP contribution is 2.20. The van der Waals surface area contributed by atoms with Crippen LogP contribution < -0.4 is 10.2 Å². The quantitative estimate of drug-likeness (QED) is 0.885. The molecule has 0 bridgehead atoms. The zero-order valence-electron chi connectivity index (χ0n) is 12.3. The molecule has 0 saturated carbocycles. The summed E-state index contributed by atoms with van der Waals surface area (Å²) in [6.07, 6.45) is 1.47. The van der Waals surface area contributed by atoms with Gasteiger partial charge in [-0.3, -0.25) is 4.79 Å². The highest BCUT2D eigenvalue weighted by atomic mass is 16.3. The van der Waals surface area contributed by atoms with E-state index in [9.17, 15) is 9.90 Å². The Morgan fingerprint density at radius 2 is 1.90 bits per heavy atom. The summed E-state index contributed by atoms with van der Waals surface area (Å²) < 4.78 is 0. The summed E-state index contributed by atoms with van der Waals surface area (Å²) in [5, 5.41) is 12.4. The fourth-order valence-electron chi connectivity index (χ4n) is 2.35. The molecule has 1 aliphatic heterocycles. The highest BCUT2D eigenvalue weighted by molar-refractivity contribution is 5.94. The molecule has 1 aromatic carbocycles. The Balaban J connectivity index is 1.94. The Hall–Kier alpha value is -1.55. The van der Waals surface area contributed by atoms with Crippen LogP contribution in [-0.2, 0) is 0 Å². The Morgan fingerprint density at radius 3 is 2.45 bits per heavy atom. The summed E-state index contributed by atoms with van der Waals surface area (Å²) in [7, 11) is 0. The van der Waals surface area contributed by atoms with E-state index in [1.165, 1.54) is 0 Å². The van der Waals surface area contributed by atoms with Crippen molar-refractivity contribution in [3.8, 4) is 0 Å². The molecule has 0 aromatic heterocycles. The predicted molar refractivity (Wildman–Crippen MR) is 81.1 cm³/mol. The van der Waals surface area contributed by atoms with Gasteiger partial charge in [-0.1, -0.05) is 13.8 Å². The number of benzene rings is 1. The Kier molecular flexibility index (Phi) is 5.01. The van der Waals surface area contributed by atoms with Gasteiger partial charge in [-0.05, 0) is 43.0 Å². The molecular weight excluding hydrogens is 252 g/mol. The van der Waals surface area contributed by atoms with Crippen LogP contribution in [0.2, 0.25) is 0 Å². The third-order valence-electron chi connectivity index (χ3n) is 3.63. The summed E-state index contributed by atoms with van der Waals surface area (Å²) in [4.78, 5) is 14.2. The Bertz CT molecular complexity index is 434. The van der Waals surface area contributed by atoms with E-state index in [-0.39, 0.29) is 12.0 Å². The van der Waals surface area contributed by atoms with Crippen molar-refractivity contribution in [3.63, 3.8) is 0 Å². The molecule has 1 fully saturated rings. The summed E-state index contributed by atoms with van der Waals surface area (Å²) in [6, 6.07) is 7.72. The van der Waals surface area contributed by atoms with Crippen LogP contribution in [0.15, 0.2) is 24.3 Å². The van der Waals surface area contributed by atoms with Crippen molar-refractivity contribution in [1.82, 2.24) is 5.32 Å². The second kappa shape index (κ2) is 6.75. The molecule has 1 amide bonds. The minimum absolute atomic E-state index is 0.0145. The van der Waals surface area contributed by atoms with Crippen LogP contribution in [0.25, 0.3) is 0 Å². The normalized spacial score (nSPS) is 16.5. The molecule has 0 aliphatic carbocycles. The molecule has 0 radical (unpaired) electrons. The topological polar surface area (TPSA) is 52.6 Å². The average molecular weight is 276 g/mol. The maximum Gasteiger partial charge on any atom is 0.251 e. The zero-order chi connectivity index (χ0) is 14.5. The number of anilines is 1. The average Bonchev–Trinajstić information content (AvgIpc) is 2.46. The van der Waals surface area contributed by atoms with Crippen LogP contribution in [0.3, 0.4) is 0 Å². The number of nitrogens with zero attached hydrogens (tertiary/aromatic N) is 1. The zero-order valence-corrected chi connectivity index (χ0v) is 12.3. The summed E-state index contributed by atoms with van der Waals surface area (Å²) in [6.45, 7) is 6.60. The summed E-state index contributed by atoms with van der Waals surface area (Å²) in [5.74, 6) is 0.442. The molecule has 1 heterocycles. The number of aliphatic hydroxyl groups excluding tert-OH is 1. The fraction of sp³-hybridized carbons (Fsp3) is 0.562. The summed E-state index contributed by atoms with van der Waals surface area (Å²) >= 11 is 0. The first-order chi connectivity index (χ1) is 9.56. The molecule has 20 heavy (non-hydrogen) atoms. The molecule has 4 nitrogen and oxygen atoms in total. The van der Waals surface area contributed by atoms with Crippen LogP contribution in [-0.4, -0.2) is 36.8 Å². The number of carbonyl (C=O) groups is 1. The van der Waals surface area contributed by atoms with Crippen LogP contribution in [0.5, 0.6) is 0 Å². The lowest BCUT2D eigenvalue weighted by Gasteiger charge is -2.31. The first kappa shape index (κ1) is 14.9. The molecule has 1 aromatic rings. The number of rotatable bonds is 4. The number of carbonyl (C=O) groups excluding carboxylic acids is 1. The fourth-order valence-corrected chi connectivity index (χ4v) is 2.35. The van der Waals surface area contributed by atoms with Gasteiger partial charge in [0.2, 0.25) is 0 Å². The van der Waals surface area contributed by atoms with Gasteiger partial charge in [0.15, 0.2) is 0 Å². The van der Waals surface area contributed by atoms with Crippen LogP contribution >= 0.6 is 0 Å². The third kappa shape index (κ3) is 3.97. The Labute approximate surface area is 120 Å². The minimum atomic E-state index is -0.160. The van der Waals surface area contributed by atoms with Gasteiger partial charge >= 0.3 is 0 Å². The van der Waals surface area contributed by atoms with Crippen LogP contribution in [0.1, 0.15) is 37.0 Å². The molecule has 110 valence electrons. The van der Waals surface area contributed by atoms with Gasteiger partial charge in [-0.15, -0.1) is 0 Å². The van der Waals surface area contributed by atoms with E-state index < -0.39 is 0 Å². The molecule has 1 aliphatic rings. The second-order valence-corrected chi connectivity index (χ2v) is 5.87. The van der Waals surface area contributed by atoms with Gasteiger partial charge in [-0.2, -0.15) is 0 Å². The lowest BCUT2D eigenvalue weighted by atomic mass is 10.1. The highest BCUT2D eigenvalue weighted by Gasteiger charge is 2.17. The minimum Gasteiger partial charge on any atom is -0.393 e. The number of piperidine rings is 1. The van der Waals surface area contributed by atoms with Gasteiger partial charge in [0.1, 0.15) is 0 Å². The number of nitrogens with one attached hydrogen (secondary N) is 1. The predicted octanol–water partition coefficient (Wildman–Crippen LogP) is 2.03. The van der Waals surface area contributed by atoms with Crippen LogP contribution in [0.4, 0.5) is 5.69 Å². The van der Waals surface area contributed by atoms with E-state index in [0.29, 0.717) is 18.0 Å². The molecule has 4 heteroatoms. The van der Waals surface area contributed by atoms with Crippen molar-refractivity contribution >= 4 is 11.6 Å². The molecule has 0 unspecified atom stereocenters. The van der Waals surface area contributed by atoms with E-state index in [1.54, 1.807) is 0 Å². The van der Waals surface area contributed by atoms with Crippen LogP contribution in [0, 0.1) is 5.92 Å². The number of aliphatic hydroxyl groups is 1. The Morgan fingerprint density at radius 1 is 1.30 bits per heavy atom. The van der Waals surface area contributed by atoms with Gasteiger partial charge in [0.25, 0.3) is 5.91 Å². The van der Waals surface area contributed by atoms with E-state index >= 15 is 0 Å². The van der Waals surface area contributed by atoms with Crippen molar-refractivity contribution in [1.29, 1.82) is 0 Å². The molecular formula is C16H24N2O2. The van der Waals surface area contributed by atoms with Crippen molar-refractivity contribution in [3.05, 3.63) is 29.8 Å². The molecule has 2 N–H and O–H groups in total. The van der Waals surface area contributed by atoms with E-state index in [4.69, 9.17) is 0 Å². The van der Waals surface area contributed by atoms with Crippen molar-refractivity contribution < 1.29 is 9.90 Å². The molecule has 0 atom stereocenters. The lowest BCUT2D eigenvalue weighted by Crippen LogP contribution is -2.35. The molecule has 1 saturated heterocycles. The maximum atomic E-state index is 11.9. The molecule has 0 spiro atoms. The largest absolute Gasteiger partial charge is 0.393 e.